The number of allylic oxidation sites excluding steroid dienone is 1. The van der Waals surface area contributed by atoms with Gasteiger partial charge in [0.1, 0.15) is 12.1 Å². The van der Waals surface area contributed by atoms with Gasteiger partial charge in [-0.3, -0.25) is 15.1 Å². The van der Waals surface area contributed by atoms with Crippen LogP contribution >= 0.6 is 0 Å². The Morgan fingerprint density at radius 1 is 1.32 bits per heavy atom. The fourth-order valence-corrected chi connectivity index (χ4v) is 2.27. The van der Waals surface area contributed by atoms with Crippen molar-refractivity contribution < 1.29 is 9.18 Å². The van der Waals surface area contributed by atoms with E-state index < -0.39 is 0 Å². The van der Waals surface area contributed by atoms with Gasteiger partial charge in [-0.15, -0.1) is 5.10 Å². The van der Waals surface area contributed by atoms with Gasteiger partial charge >= 0.3 is 0 Å². The smallest absolute Gasteiger partial charge is 0.251 e. The Bertz CT molecular complexity index is 905. The molecule has 0 aliphatic carbocycles. The van der Waals surface area contributed by atoms with Crippen molar-refractivity contribution >= 4 is 17.4 Å². The molecule has 0 radical (unpaired) electrons. The van der Waals surface area contributed by atoms with E-state index in [2.05, 4.69) is 20.4 Å². The van der Waals surface area contributed by atoms with Crippen molar-refractivity contribution in [3.63, 3.8) is 0 Å². The van der Waals surface area contributed by atoms with Crippen LogP contribution in [-0.2, 0) is 11.3 Å². The van der Waals surface area contributed by atoms with Crippen LogP contribution in [0.4, 0.5) is 10.3 Å². The number of aromatic nitrogens is 4. The summed E-state index contributed by atoms with van der Waals surface area (Å²) in [5.41, 5.74) is 2.27. The monoisotopic (exact) mass is 337 g/mol. The molecule has 1 amide bonds. The van der Waals surface area contributed by atoms with Crippen molar-refractivity contribution in [2.24, 2.45) is 0 Å². The van der Waals surface area contributed by atoms with Gasteiger partial charge in [0.2, 0.25) is 5.95 Å². The minimum absolute atomic E-state index is 0.206. The normalized spacial score (nSPS) is 11.4. The van der Waals surface area contributed by atoms with Crippen LogP contribution in [0.15, 0.2) is 61.2 Å². The van der Waals surface area contributed by atoms with Gasteiger partial charge in [-0.1, -0.05) is 18.2 Å². The average Bonchev–Trinajstić information content (AvgIpc) is 3.02. The number of benzene rings is 1. The maximum atomic E-state index is 13.2. The second-order valence-electron chi connectivity index (χ2n) is 5.45. The Labute approximate surface area is 144 Å². The molecule has 6 nitrogen and oxygen atoms in total. The average molecular weight is 337 g/mol. The minimum atomic E-state index is -0.374. The van der Waals surface area contributed by atoms with Crippen molar-refractivity contribution in [3.8, 4) is 0 Å². The van der Waals surface area contributed by atoms with Gasteiger partial charge in [-0.05, 0) is 41.8 Å². The van der Waals surface area contributed by atoms with E-state index in [0.29, 0.717) is 17.7 Å². The molecule has 3 aromatic rings. The van der Waals surface area contributed by atoms with Gasteiger partial charge in [0.05, 0.1) is 6.54 Å². The van der Waals surface area contributed by atoms with Crippen LogP contribution in [-0.4, -0.2) is 25.7 Å². The third-order valence-electron chi connectivity index (χ3n) is 3.47. The van der Waals surface area contributed by atoms with Crippen molar-refractivity contribution in [1.29, 1.82) is 0 Å². The van der Waals surface area contributed by atoms with Crippen LogP contribution in [0.25, 0.3) is 5.57 Å². The molecular weight excluding hydrogens is 321 g/mol. The summed E-state index contributed by atoms with van der Waals surface area (Å²) in [6.45, 7) is 2.25. The van der Waals surface area contributed by atoms with Crippen LogP contribution in [0.3, 0.4) is 0 Å². The van der Waals surface area contributed by atoms with Crippen LogP contribution < -0.4 is 5.32 Å². The van der Waals surface area contributed by atoms with Gasteiger partial charge in [0.25, 0.3) is 5.91 Å². The number of rotatable bonds is 5. The summed E-state index contributed by atoms with van der Waals surface area (Å²) in [6.07, 6.45) is 6.36. The topological polar surface area (TPSA) is 72.7 Å². The summed E-state index contributed by atoms with van der Waals surface area (Å²) in [5, 5.41) is 6.79. The number of carbonyl (C=O) groups excluding carboxylic acids is 1. The number of nitrogens with one attached hydrogen (secondary N) is 1. The van der Waals surface area contributed by atoms with E-state index >= 15 is 0 Å². The van der Waals surface area contributed by atoms with Crippen molar-refractivity contribution in [2.75, 3.05) is 5.32 Å². The Balaban J connectivity index is 1.64. The number of pyridine rings is 1. The molecule has 0 atom stereocenters. The summed E-state index contributed by atoms with van der Waals surface area (Å²) in [5.74, 6) is -0.514. The lowest BCUT2D eigenvalue weighted by atomic mass is 10.1. The molecule has 0 fully saturated rings. The van der Waals surface area contributed by atoms with Gasteiger partial charge in [0.15, 0.2) is 0 Å². The Kier molecular flexibility index (Phi) is 4.94. The summed E-state index contributed by atoms with van der Waals surface area (Å²) in [4.78, 5) is 20.2. The summed E-state index contributed by atoms with van der Waals surface area (Å²) in [7, 11) is 0. The third kappa shape index (κ3) is 4.57. The number of anilines is 1. The molecule has 0 saturated carbocycles. The van der Waals surface area contributed by atoms with Crippen molar-refractivity contribution in [3.05, 3.63) is 78.1 Å². The SMILES string of the molecule is CC(=CC(=O)Nc1ncn(Cc2cccnc2)n1)c1cccc(F)c1. The van der Waals surface area contributed by atoms with Crippen LogP contribution in [0.1, 0.15) is 18.1 Å². The number of hydrogen-bond acceptors (Lipinski definition) is 4. The fraction of sp³-hybridized carbons (Fsp3) is 0.111. The highest BCUT2D eigenvalue weighted by Crippen LogP contribution is 2.14. The molecule has 0 bridgehead atoms. The second-order valence-corrected chi connectivity index (χ2v) is 5.45. The molecule has 0 aliphatic rings. The molecule has 126 valence electrons. The third-order valence-corrected chi connectivity index (χ3v) is 3.47. The van der Waals surface area contributed by atoms with E-state index in [1.165, 1.54) is 24.5 Å². The number of nitrogens with zero attached hydrogens (tertiary/aromatic N) is 4. The Hall–Kier alpha value is -3.35. The first-order valence-corrected chi connectivity index (χ1v) is 7.64. The number of amides is 1. The molecule has 0 saturated heterocycles. The van der Waals surface area contributed by atoms with Gasteiger partial charge < -0.3 is 0 Å². The molecule has 1 aromatic carbocycles. The number of halogens is 1. The highest BCUT2D eigenvalue weighted by atomic mass is 19.1. The first kappa shape index (κ1) is 16.5. The van der Waals surface area contributed by atoms with E-state index in [-0.39, 0.29) is 17.7 Å². The molecule has 0 spiro atoms. The van der Waals surface area contributed by atoms with Gasteiger partial charge in [-0.25, -0.2) is 14.1 Å². The second kappa shape index (κ2) is 7.48. The van der Waals surface area contributed by atoms with Gasteiger partial charge in [0, 0.05) is 18.5 Å². The maximum Gasteiger partial charge on any atom is 0.251 e. The van der Waals surface area contributed by atoms with Crippen LogP contribution in [0.2, 0.25) is 0 Å². The zero-order chi connectivity index (χ0) is 17.6. The van der Waals surface area contributed by atoms with Crippen molar-refractivity contribution in [1.82, 2.24) is 19.7 Å². The molecule has 2 aromatic heterocycles. The first-order valence-electron chi connectivity index (χ1n) is 7.64. The first-order chi connectivity index (χ1) is 12.1. The van der Waals surface area contributed by atoms with Crippen LogP contribution in [0.5, 0.6) is 0 Å². The van der Waals surface area contributed by atoms with E-state index in [0.717, 1.165) is 5.56 Å². The van der Waals surface area contributed by atoms with E-state index in [1.54, 1.807) is 36.1 Å². The molecule has 0 aliphatic heterocycles. The van der Waals surface area contributed by atoms with Crippen molar-refractivity contribution in [2.45, 2.75) is 13.5 Å². The molecule has 2 heterocycles. The molecular formula is C18H16FN5O. The number of hydrogen-bond donors (Lipinski definition) is 1. The molecule has 7 heteroatoms. The zero-order valence-corrected chi connectivity index (χ0v) is 13.6. The molecule has 0 unspecified atom stereocenters. The lowest BCUT2D eigenvalue weighted by Gasteiger charge is -2.02. The maximum absolute atomic E-state index is 13.2. The van der Waals surface area contributed by atoms with E-state index in [1.807, 2.05) is 12.1 Å². The number of carbonyl (C=O) groups is 1. The lowest BCUT2D eigenvalue weighted by Crippen LogP contribution is -2.10. The minimum Gasteiger partial charge on any atom is -0.290 e. The predicted molar refractivity (Wildman–Crippen MR) is 92.0 cm³/mol. The molecule has 3 rings (SSSR count). The van der Waals surface area contributed by atoms with E-state index in [9.17, 15) is 9.18 Å². The zero-order valence-electron chi connectivity index (χ0n) is 13.6. The summed E-state index contributed by atoms with van der Waals surface area (Å²) < 4.78 is 14.8. The van der Waals surface area contributed by atoms with Gasteiger partial charge in [-0.2, -0.15) is 0 Å². The standard InChI is InChI=1S/C18H16FN5O/c1-13(15-5-2-6-16(19)9-15)8-17(25)22-18-21-12-24(23-18)11-14-4-3-7-20-10-14/h2-10,12H,11H2,1H3,(H,22,23,25). The molecule has 1 N–H and O–H groups in total. The summed E-state index contributed by atoms with van der Waals surface area (Å²) >= 11 is 0. The quantitative estimate of drug-likeness (QED) is 0.727. The Morgan fingerprint density at radius 3 is 2.96 bits per heavy atom. The Morgan fingerprint density at radius 2 is 2.20 bits per heavy atom. The largest absolute Gasteiger partial charge is 0.290 e. The van der Waals surface area contributed by atoms with E-state index in [4.69, 9.17) is 0 Å². The summed E-state index contributed by atoms with van der Waals surface area (Å²) in [6, 6.07) is 9.84. The predicted octanol–water partition coefficient (Wildman–Crippen LogP) is 2.90. The highest BCUT2D eigenvalue weighted by molar-refractivity contribution is 6.02. The van der Waals surface area contributed by atoms with Crippen LogP contribution in [0, 0.1) is 5.82 Å². The lowest BCUT2D eigenvalue weighted by molar-refractivity contribution is -0.111. The highest BCUT2D eigenvalue weighted by Gasteiger charge is 2.06. The fourth-order valence-electron chi connectivity index (χ4n) is 2.27. The molecule has 25 heavy (non-hydrogen) atoms.